The van der Waals surface area contributed by atoms with E-state index in [1.807, 2.05) is 26.0 Å². The number of amides is 2. The second-order valence-electron chi connectivity index (χ2n) is 4.62. The quantitative estimate of drug-likeness (QED) is 0.624. The molecule has 114 valence electrons. The molecule has 1 rings (SSSR count). The summed E-state index contributed by atoms with van der Waals surface area (Å²) in [7, 11) is 0. The van der Waals surface area contributed by atoms with Crippen LogP contribution in [0.2, 0.25) is 0 Å². The van der Waals surface area contributed by atoms with E-state index in [0.29, 0.717) is 12.3 Å². The Balaban J connectivity index is 2.54. The van der Waals surface area contributed by atoms with Crippen molar-refractivity contribution in [3.63, 3.8) is 0 Å². The number of nitrogens with one attached hydrogen (secondary N) is 2. The minimum Gasteiger partial charge on any atom is -0.463 e. The van der Waals surface area contributed by atoms with Gasteiger partial charge in [-0.15, -0.1) is 0 Å². The van der Waals surface area contributed by atoms with Gasteiger partial charge in [-0.3, -0.25) is 0 Å². The van der Waals surface area contributed by atoms with E-state index in [-0.39, 0.29) is 18.0 Å². The summed E-state index contributed by atoms with van der Waals surface area (Å²) >= 11 is 0. The van der Waals surface area contributed by atoms with Crippen LogP contribution in [0.5, 0.6) is 0 Å². The first-order valence-corrected chi connectivity index (χ1v) is 7.07. The molecule has 1 unspecified atom stereocenters. The van der Waals surface area contributed by atoms with Crippen molar-refractivity contribution in [3.05, 3.63) is 35.9 Å². The number of benzene rings is 1. The summed E-state index contributed by atoms with van der Waals surface area (Å²) in [4.78, 5) is 22.8. The molecule has 5 heteroatoms. The SMILES string of the molecule is CCOC(=O)/C=C/c1ccc(NC(=O)NC(C)CC)cc1. The van der Waals surface area contributed by atoms with Gasteiger partial charge in [-0.1, -0.05) is 19.1 Å². The molecule has 0 radical (unpaired) electrons. The summed E-state index contributed by atoms with van der Waals surface area (Å²) in [6, 6.07) is 7.10. The van der Waals surface area contributed by atoms with Crippen LogP contribution < -0.4 is 10.6 Å². The number of urea groups is 1. The predicted octanol–water partition coefficient (Wildman–Crippen LogP) is 3.18. The molecule has 0 heterocycles. The molecule has 1 atom stereocenters. The zero-order valence-electron chi connectivity index (χ0n) is 12.7. The van der Waals surface area contributed by atoms with Crippen LogP contribution in [0.3, 0.4) is 0 Å². The molecule has 0 saturated heterocycles. The van der Waals surface area contributed by atoms with E-state index < -0.39 is 0 Å². The van der Waals surface area contributed by atoms with E-state index in [9.17, 15) is 9.59 Å². The number of carbonyl (C=O) groups excluding carboxylic acids is 2. The first-order valence-electron chi connectivity index (χ1n) is 7.07. The van der Waals surface area contributed by atoms with Crippen molar-refractivity contribution < 1.29 is 14.3 Å². The molecule has 0 aliphatic carbocycles. The third-order valence-electron chi connectivity index (χ3n) is 2.86. The second kappa shape index (κ2) is 8.79. The molecule has 0 bridgehead atoms. The van der Waals surface area contributed by atoms with Crippen LogP contribution in [0.1, 0.15) is 32.8 Å². The van der Waals surface area contributed by atoms with Gasteiger partial charge >= 0.3 is 12.0 Å². The zero-order valence-corrected chi connectivity index (χ0v) is 12.7. The fourth-order valence-corrected chi connectivity index (χ4v) is 1.53. The van der Waals surface area contributed by atoms with Gasteiger partial charge in [-0.2, -0.15) is 0 Å². The molecular weight excluding hydrogens is 268 g/mol. The highest BCUT2D eigenvalue weighted by molar-refractivity contribution is 5.90. The third-order valence-corrected chi connectivity index (χ3v) is 2.86. The van der Waals surface area contributed by atoms with Crippen molar-refractivity contribution in [1.82, 2.24) is 5.32 Å². The summed E-state index contributed by atoms with van der Waals surface area (Å²) in [5, 5.41) is 5.58. The van der Waals surface area contributed by atoms with Gasteiger partial charge in [0.2, 0.25) is 0 Å². The van der Waals surface area contributed by atoms with Crippen LogP contribution in [0.15, 0.2) is 30.3 Å². The second-order valence-corrected chi connectivity index (χ2v) is 4.62. The van der Waals surface area contributed by atoms with Gasteiger partial charge in [0.05, 0.1) is 6.61 Å². The number of carbonyl (C=O) groups is 2. The summed E-state index contributed by atoms with van der Waals surface area (Å²) < 4.78 is 4.80. The maximum absolute atomic E-state index is 11.7. The van der Waals surface area contributed by atoms with Crippen LogP contribution in [0, 0.1) is 0 Å². The van der Waals surface area contributed by atoms with Gasteiger partial charge in [-0.05, 0) is 44.0 Å². The first kappa shape index (κ1) is 16.8. The van der Waals surface area contributed by atoms with Gasteiger partial charge in [0.25, 0.3) is 0 Å². The molecule has 1 aromatic rings. The Kier molecular flexibility index (Phi) is 7.01. The molecule has 0 saturated carbocycles. The molecule has 0 aliphatic heterocycles. The average Bonchev–Trinajstić information content (AvgIpc) is 2.46. The number of hydrogen-bond donors (Lipinski definition) is 2. The Bertz CT molecular complexity index is 495. The van der Waals surface area contributed by atoms with Gasteiger partial charge in [0.1, 0.15) is 0 Å². The molecule has 21 heavy (non-hydrogen) atoms. The summed E-state index contributed by atoms with van der Waals surface area (Å²) in [5.41, 5.74) is 1.56. The van der Waals surface area contributed by atoms with Gasteiger partial charge in [-0.25, -0.2) is 9.59 Å². The summed E-state index contributed by atoms with van der Waals surface area (Å²) in [5.74, 6) is -0.368. The number of ether oxygens (including phenoxy) is 1. The van der Waals surface area contributed by atoms with E-state index in [2.05, 4.69) is 10.6 Å². The predicted molar refractivity (Wildman–Crippen MR) is 84.0 cm³/mol. The Morgan fingerprint density at radius 3 is 2.48 bits per heavy atom. The molecule has 0 aromatic heterocycles. The Morgan fingerprint density at radius 1 is 1.24 bits per heavy atom. The smallest absolute Gasteiger partial charge is 0.330 e. The normalized spacial score (nSPS) is 12.0. The van der Waals surface area contributed by atoms with E-state index in [1.165, 1.54) is 6.08 Å². The molecule has 1 aromatic carbocycles. The molecule has 2 N–H and O–H groups in total. The molecule has 0 aliphatic rings. The van der Waals surface area contributed by atoms with E-state index >= 15 is 0 Å². The number of rotatable bonds is 6. The fourth-order valence-electron chi connectivity index (χ4n) is 1.53. The highest BCUT2D eigenvalue weighted by atomic mass is 16.5. The van der Waals surface area contributed by atoms with Crippen molar-refractivity contribution in [3.8, 4) is 0 Å². The van der Waals surface area contributed by atoms with Gasteiger partial charge in [0, 0.05) is 17.8 Å². The van der Waals surface area contributed by atoms with Crippen molar-refractivity contribution >= 4 is 23.8 Å². The molecule has 5 nitrogen and oxygen atoms in total. The van der Waals surface area contributed by atoms with E-state index in [0.717, 1.165) is 12.0 Å². The van der Waals surface area contributed by atoms with Crippen LogP contribution in [-0.4, -0.2) is 24.6 Å². The third kappa shape index (κ3) is 6.61. The van der Waals surface area contributed by atoms with E-state index in [1.54, 1.807) is 25.1 Å². The highest BCUT2D eigenvalue weighted by Crippen LogP contribution is 2.11. The number of esters is 1. The minimum absolute atomic E-state index is 0.136. The number of hydrogen-bond acceptors (Lipinski definition) is 3. The van der Waals surface area contributed by atoms with Gasteiger partial charge in [0.15, 0.2) is 0 Å². The van der Waals surface area contributed by atoms with Crippen LogP contribution in [0.25, 0.3) is 6.08 Å². The average molecular weight is 290 g/mol. The van der Waals surface area contributed by atoms with Crippen molar-refractivity contribution in [2.75, 3.05) is 11.9 Å². The fraction of sp³-hybridized carbons (Fsp3) is 0.375. The van der Waals surface area contributed by atoms with Crippen molar-refractivity contribution in [2.24, 2.45) is 0 Å². The lowest BCUT2D eigenvalue weighted by molar-refractivity contribution is -0.137. The Hall–Kier alpha value is -2.30. The topological polar surface area (TPSA) is 67.4 Å². The van der Waals surface area contributed by atoms with Crippen LogP contribution >= 0.6 is 0 Å². The maximum Gasteiger partial charge on any atom is 0.330 e. The van der Waals surface area contributed by atoms with Crippen LogP contribution in [0.4, 0.5) is 10.5 Å². The first-order chi connectivity index (χ1) is 10.0. The van der Waals surface area contributed by atoms with Crippen LogP contribution in [-0.2, 0) is 9.53 Å². The van der Waals surface area contributed by atoms with Gasteiger partial charge < -0.3 is 15.4 Å². The van der Waals surface area contributed by atoms with E-state index in [4.69, 9.17) is 4.74 Å². The zero-order chi connectivity index (χ0) is 15.7. The lowest BCUT2D eigenvalue weighted by Gasteiger charge is -2.12. The highest BCUT2D eigenvalue weighted by Gasteiger charge is 2.04. The molecular formula is C16H22N2O3. The summed E-state index contributed by atoms with van der Waals surface area (Å²) in [6.07, 6.45) is 3.92. The number of anilines is 1. The standard InChI is InChI=1S/C16H22N2O3/c1-4-12(3)17-16(20)18-14-9-6-13(7-10-14)8-11-15(19)21-5-2/h6-12H,4-5H2,1-3H3,(H2,17,18,20)/b11-8+. The summed E-state index contributed by atoms with van der Waals surface area (Å²) in [6.45, 7) is 6.08. The van der Waals surface area contributed by atoms with Crippen molar-refractivity contribution in [1.29, 1.82) is 0 Å². The Labute approximate surface area is 125 Å². The lowest BCUT2D eigenvalue weighted by atomic mass is 10.2. The molecule has 2 amide bonds. The molecule has 0 spiro atoms. The Morgan fingerprint density at radius 2 is 1.90 bits per heavy atom. The monoisotopic (exact) mass is 290 g/mol. The molecule has 0 fully saturated rings. The lowest BCUT2D eigenvalue weighted by Crippen LogP contribution is -2.35. The van der Waals surface area contributed by atoms with Crippen molar-refractivity contribution in [2.45, 2.75) is 33.2 Å². The minimum atomic E-state index is -0.368. The maximum atomic E-state index is 11.7. The largest absolute Gasteiger partial charge is 0.463 e.